The highest BCUT2D eigenvalue weighted by atomic mass is 16.2. The van der Waals surface area contributed by atoms with E-state index in [2.05, 4.69) is 16.0 Å². The molecule has 3 amide bonds. The van der Waals surface area contributed by atoms with Gasteiger partial charge >= 0.3 is 0 Å². The second kappa shape index (κ2) is 7.70. The number of nitrogens with one attached hydrogen (secondary N) is 2. The van der Waals surface area contributed by atoms with Crippen LogP contribution in [0.4, 0.5) is 0 Å². The Morgan fingerprint density at radius 1 is 0.964 bits per heavy atom. The molecule has 3 rings (SSSR count). The summed E-state index contributed by atoms with van der Waals surface area (Å²) in [6.07, 6.45) is 0. The van der Waals surface area contributed by atoms with Crippen LogP contribution in [0.5, 0.6) is 0 Å². The van der Waals surface area contributed by atoms with E-state index in [4.69, 9.17) is 5.73 Å². The summed E-state index contributed by atoms with van der Waals surface area (Å²) in [5, 5.41) is 4.81. The van der Waals surface area contributed by atoms with E-state index in [1.165, 1.54) is 28.9 Å². The Labute approximate surface area is 159 Å². The quantitative estimate of drug-likeness (QED) is 0.570. The number of hydrogen-bond acceptors (Lipinski definition) is 5. The molecule has 0 saturated carbocycles. The molecule has 0 unspecified atom stereocenters. The van der Waals surface area contributed by atoms with Crippen LogP contribution in [0.15, 0.2) is 53.3 Å². The van der Waals surface area contributed by atoms with E-state index in [1.54, 1.807) is 31.2 Å². The van der Waals surface area contributed by atoms with E-state index < -0.39 is 17.7 Å². The molecule has 0 fully saturated rings. The first-order chi connectivity index (χ1) is 13.4. The largest absolute Gasteiger partial charge is 0.366 e. The summed E-state index contributed by atoms with van der Waals surface area (Å²) < 4.78 is 1.18. The molecule has 9 heteroatoms. The van der Waals surface area contributed by atoms with Crippen LogP contribution in [-0.2, 0) is 6.54 Å². The number of carbonyl (C=O) groups is 3. The van der Waals surface area contributed by atoms with E-state index >= 15 is 0 Å². The predicted octanol–water partition coefficient (Wildman–Crippen LogP) is 0.590. The average Bonchev–Trinajstić information content (AvgIpc) is 2.72. The number of rotatable bonds is 4. The van der Waals surface area contributed by atoms with Crippen molar-refractivity contribution in [2.24, 2.45) is 5.73 Å². The maximum Gasteiger partial charge on any atom is 0.290 e. The number of hydrogen-bond donors (Lipinski definition) is 3. The third-order valence-electron chi connectivity index (χ3n) is 4.08. The summed E-state index contributed by atoms with van der Waals surface area (Å²) in [5.41, 5.74) is 9.75. The van der Waals surface area contributed by atoms with Crippen molar-refractivity contribution in [3.8, 4) is 0 Å². The van der Waals surface area contributed by atoms with Gasteiger partial charge in [-0.05, 0) is 31.2 Å². The molecule has 9 nitrogen and oxygen atoms in total. The van der Waals surface area contributed by atoms with Crippen LogP contribution in [0, 0.1) is 0 Å². The fourth-order valence-electron chi connectivity index (χ4n) is 2.68. The van der Waals surface area contributed by atoms with Gasteiger partial charge in [0.25, 0.3) is 17.4 Å². The van der Waals surface area contributed by atoms with Crippen molar-refractivity contribution >= 4 is 28.5 Å². The SMILES string of the molecule is CCn1nc(C(=O)NNC(=O)c2cccc(C(N)=O)c2)c2ccccc2c1=O. The molecule has 3 aromatic rings. The number of fused-ring (bicyclic) bond motifs is 1. The number of amides is 3. The molecule has 142 valence electrons. The Hall–Kier alpha value is -4.01. The molecule has 1 aromatic heterocycles. The van der Waals surface area contributed by atoms with E-state index in [-0.39, 0.29) is 28.9 Å². The molecule has 0 saturated heterocycles. The van der Waals surface area contributed by atoms with Gasteiger partial charge in [-0.2, -0.15) is 5.10 Å². The normalized spacial score (nSPS) is 10.5. The maximum absolute atomic E-state index is 12.6. The van der Waals surface area contributed by atoms with Gasteiger partial charge < -0.3 is 5.73 Å². The molecule has 0 aliphatic heterocycles. The lowest BCUT2D eigenvalue weighted by atomic mass is 10.1. The van der Waals surface area contributed by atoms with Crippen LogP contribution in [0.1, 0.15) is 38.1 Å². The Morgan fingerprint density at radius 3 is 2.29 bits per heavy atom. The van der Waals surface area contributed by atoms with Crippen LogP contribution < -0.4 is 22.1 Å². The Bertz CT molecular complexity index is 1150. The number of carbonyl (C=O) groups excluding carboxylic acids is 3. The van der Waals surface area contributed by atoms with Crippen LogP contribution in [0.3, 0.4) is 0 Å². The molecule has 0 bridgehead atoms. The average molecular weight is 379 g/mol. The third-order valence-corrected chi connectivity index (χ3v) is 4.08. The lowest BCUT2D eigenvalue weighted by Gasteiger charge is -2.11. The number of nitrogens with zero attached hydrogens (tertiary/aromatic N) is 2. The van der Waals surface area contributed by atoms with Gasteiger partial charge in [0.15, 0.2) is 5.69 Å². The van der Waals surface area contributed by atoms with Crippen LogP contribution in [0.25, 0.3) is 10.8 Å². The van der Waals surface area contributed by atoms with Gasteiger partial charge in [0.05, 0.1) is 5.39 Å². The molecular formula is C19H17N5O4. The van der Waals surface area contributed by atoms with Crippen LogP contribution >= 0.6 is 0 Å². The Kier molecular flexibility index (Phi) is 5.16. The molecule has 1 heterocycles. The number of hydrazine groups is 1. The molecule has 4 N–H and O–H groups in total. The van der Waals surface area contributed by atoms with Crippen LogP contribution in [-0.4, -0.2) is 27.5 Å². The second-order valence-corrected chi connectivity index (χ2v) is 5.87. The molecule has 2 aromatic carbocycles. The first kappa shape index (κ1) is 18.8. The molecule has 0 radical (unpaired) electrons. The number of primary amides is 1. The van der Waals surface area contributed by atoms with E-state index in [0.29, 0.717) is 10.8 Å². The molecule has 0 aliphatic rings. The summed E-state index contributed by atoms with van der Waals surface area (Å²) in [4.78, 5) is 48.4. The minimum absolute atomic E-state index is 0.00300. The van der Waals surface area contributed by atoms with Crippen molar-refractivity contribution in [2.45, 2.75) is 13.5 Å². The summed E-state index contributed by atoms with van der Waals surface area (Å²) in [7, 11) is 0. The lowest BCUT2D eigenvalue weighted by Crippen LogP contribution is -2.42. The third kappa shape index (κ3) is 3.58. The highest BCUT2D eigenvalue weighted by Gasteiger charge is 2.17. The van der Waals surface area contributed by atoms with Crippen molar-refractivity contribution in [3.05, 3.63) is 75.7 Å². The van der Waals surface area contributed by atoms with Crippen molar-refractivity contribution in [3.63, 3.8) is 0 Å². The zero-order valence-electron chi connectivity index (χ0n) is 14.9. The fraction of sp³-hybridized carbons (Fsp3) is 0.105. The molecular weight excluding hydrogens is 362 g/mol. The van der Waals surface area contributed by atoms with E-state index in [1.807, 2.05) is 0 Å². The highest BCUT2D eigenvalue weighted by molar-refractivity contribution is 6.06. The maximum atomic E-state index is 12.6. The number of aryl methyl sites for hydroxylation is 1. The number of aromatic nitrogens is 2. The zero-order valence-corrected chi connectivity index (χ0v) is 14.9. The second-order valence-electron chi connectivity index (χ2n) is 5.87. The molecule has 28 heavy (non-hydrogen) atoms. The standard InChI is InChI=1S/C19H17N5O4/c1-2-24-19(28)14-9-4-3-8-13(14)15(23-24)18(27)22-21-17(26)12-7-5-6-11(10-12)16(20)25/h3-10H,2H2,1H3,(H2,20,25)(H,21,26)(H,22,27). The molecule has 0 atom stereocenters. The zero-order chi connectivity index (χ0) is 20.3. The first-order valence-corrected chi connectivity index (χ1v) is 8.42. The fourth-order valence-corrected chi connectivity index (χ4v) is 2.68. The Balaban J connectivity index is 1.85. The predicted molar refractivity (Wildman–Crippen MR) is 102 cm³/mol. The number of nitrogens with two attached hydrogens (primary N) is 1. The summed E-state index contributed by atoms with van der Waals surface area (Å²) in [6.45, 7) is 2.02. The Morgan fingerprint density at radius 2 is 1.61 bits per heavy atom. The van der Waals surface area contributed by atoms with Gasteiger partial charge in [-0.25, -0.2) is 4.68 Å². The summed E-state index contributed by atoms with van der Waals surface area (Å²) in [5.74, 6) is -1.99. The molecule has 0 spiro atoms. The van der Waals surface area contributed by atoms with Crippen LogP contribution in [0.2, 0.25) is 0 Å². The van der Waals surface area contributed by atoms with E-state index in [9.17, 15) is 19.2 Å². The van der Waals surface area contributed by atoms with Gasteiger partial charge in [-0.3, -0.25) is 30.0 Å². The first-order valence-electron chi connectivity index (χ1n) is 8.42. The topological polar surface area (TPSA) is 136 Å². The minimum Gasteiger partial charge on any atom is -0.366 e. The van der Waals surface area contributed by atoms with Crippen molar-refractivity contribution in [1.29, 1.82) is 0 Å². The van der Waals surface area contributed by atoms with Crippen molar-refractivity contribution in [1.82, 2.24) is 20.6 Å². The van der Waals surface area contributed by atoms with Crippen molar-refractivity contribution in [2.75, 3.05) is 0 Å². The summed E-state index contributed by atoms with van der Waals surface area (Å²) in [6, 6.07) is 12.4. The highest BCUT2D eigenvalue weighted by Crippen LogP contribution is 2.13. The lowest BCUT2D eigenvalue weighted by molar-refractivity contribution is 0.0843. The van der Waals surface area contributed by atoms with Crippen molar-refractivity contribution < 1.29 is 14.4 Å². The van der Waals surface area contributed by atoms with Gasteiger partial charge in [0.1, 0.15) is 0 Å². The smallest absolute Gasteiger partial charge is 0.290 e. The van der Waals surface area contributed by atoms with E-state index in [0.717, 1.165) is 0 Å². The number of benzene rings is 2. The molecule has 0 aliphatic carbocycles. The van der Waals surface area contributed by atoms with Gasteiger partial charge in [-0.1, -0.05) is 24.3 Å². The van der Waals surface area contributed by atoms with Gasteiger partial charge in [-0.15, -0.1) is 0 Å². The minimum atomic E-state index is -0.683. The van der Waals surface area contributed by atoms with Gasteiger partial charge in [0.2, 0.25) is 5.91 Å². The van der Waals surface area contributed by atoms with Gasteiger partial charge in [0, 0.05) is 23.1 Å². The monoisotopic (exact) mass is 379 g/mol. The summed E-state index contributed by atoms with van der Waals surface area (Å²) >= 11 is 0.